The van der Waals surface area contributed by atoms with Crippen molar-refractivity contribution in [2.45, 2.75) is 50.6 Å². The Labute approximate surface area is 195 Å². The molecule has 4 atom stereocenters. The lowest BCUT2D eigenvalue weighted by Gasteiger charge is -2.37. The van der Waals surface area contributed by atoms with Crippen LogP contribution in [0, 0.1) is 16.7 Å². The van der Waals surface area contributed by atoms with Crippen LogP contribution < -0.4 is 5.32 Å². The van der Waals surface area contributed by atoms with Gasteiger partial charge in [0, 0.05) is 36.1 Å². The molecule has 1 aliphatic heterocycles. The van der Waals surface area contributed by atoms with Gasteiger partial charge in [-0.3, -0.25) is 4.79 Å². The lowest BCUT2D eigenvalue weighted by molar-refractivity contribution is -0.131. The molecule has 1 N–H and O–H groups in total. The fraction of sp³-hybridized carbons (Fsp3) is 0.440. The highest BCUT2D eigenvalue weighted by Crippen LogP contribution is 2.51. The molecule has 1 unspecified atom stereocenters. The van der Waals surface area contributed by atoms with Crippen molar-refractivity contribution in [3.8, 4) is 6.07 Å². The van der Waals surface area contributed by atoms with Gasteiger partial charge in [-0.05, 0) is 47.2 Å². The minimum atomic E-state index is -0.973. The second-order valence-electron chi connectivity index (χ2n) is 9.71. The molecule has 0 aromatic heterocycles. The molecule has 0 saturated carbocycles. The summed E-state index contributed by atoms with van der Waals surface area (Å²) in [6.07, 6.45) is 0.720. The highest BCUT2D eigenvalue weighted by Gasteiger charge is 2.59. The van der Waals surface area contributed by atoms with E-state index in [4.69, 9.17) is 23.2 Å². The van der Waals surface area contributed by atoms with Crippen molar-refractivity contribution in [2.75, 3.05) is 14.1 Å². The predicted octanol–water partition coefficient (Wildman–Crippen LogP) is 5.40. The van der Waals surface area contributed by atoms with E-state index in [0.717, 1.165) is 17.5 Å². The number of hydrogen-bond donors (Lipinski definition) is 1. The first kappa shape index (κ1) is 23.6. The Morgan fingerprint density at radius 2 is 1.77 bits per heavy atom. The number of halogens is 2. The largest absolute Gasteiger partial charge is 0.347 e. The molecule has 2 aromatic rings. The number of rotatable bonds is 4. The van der Waals surface area contributed by atoms with Gasteiger partial charge >= 0.3 is 0 Å². The molecular weight excluding hydrogens is 429 g/mol. The highest BCUT2D eigenvalue weighted by atomic mass is 35.5. The van der Waals surface area contributed by atoms with Crippen LogP contribution >= 0.6 is 23.2 Å². The molecule has 1 fully saturated rings. The van der Waals surface area contributed by atoms with Gasteiger partial charge in [-0.1, -0.05) is 68.2 Å². The van der Waals surface area contributed by atoms with Gasteiger partial charge in [-0.25, -0.2) is 0 Å². The summed E-state index contributed by atoms with van der Waals surface area (Å²) in [5.41, 5.74) is 0.688. The summed E-state index contributed by atoms with van der Waals surface area (Å²) < 4.78 is 0. The van der Waals surface area contributed by atoms with E-state index in [1.54, 1.807) is 37.2 Å². The van der Waals surface area contributed by atoms with Crippen molar-refractivity contribution in [3.63, 3.8) is 0 Å². The standard InChI is InChI=1S/C25H29Cl2N3O/c1-24(2,3)14-20-25(15-28,17-9-11-18(26)12-10-17)21(16-7-6-8-19(27)13-16)22(29-20)23(31)30(4)5/h6-13,20-22,29H,14H2,1-5H3/t20-,21?,22+,25-/m0/s1. The summed E-state index contributed by atoms with van der Waals surface area (Å²) in [7, 11) is 3.49. The molecular formula is C25H29Cl2N3O. The average Bonchev–Trinajstić information content (AvgIpc) is 3.01. The second-order valence-corrected chi connectivity index (χ2v) is 10.6. The molecule has 164 valence electrons. The van der Waals surface area contributed by atoms with Crippen molar-refractivity contribution < 1.29 is 4.79 Å². The zero-order valence-corrected chi connectivity index (χ0v) is 20.1. The fourth-order valence-electron chi connectivity index (χ4n) is 4.72. The zero-order chi connectivity index (χ0) is 23.0. The van der Waals surface area contributed by atoms with E-state index in [1.165, 1.54) is 0 Å². The van der Waals surface area contributed by atoms with E-state index in [2.05, 4.69) is 32.2 Å². The molecule has 2 aromatic carbocycles. The minimum Gasteiger partial charge on any atom is -0.347 e. The number of carbonyl (C=O) groups is 1. The third kappa shape index (κ3) is 4.60. The van der Waals surface area contributed by atoms with Crippen LogP contribution in [-0.2, 0) is 10.2 Å². The van der Waals surface area contributed by atoms with E-state index >= 15 is 0 Å². The number of nitrogens with one attached hydrogen (secondary N) is 1. The number of benzene rings is 2. The number of amides is 1. The van der Waals surface area contributed by atoms with Crippen molar-refractivity contribution >= 4 is 29.1 Å². The molecule has 1 amide bonds. The summed E-state index contributed by atoms with van der Waals surface area (Å²) in [5, 5.41) is 15.5. The van der Waals surface area contributed by atoms with Crippen LogP contribution in [0.25, 0.3) is 0 Å². The molecule has 1 saturated heterocycles. The number of hydrogen-bond acceptors (Lipinski definition) is 3. The Kier molecular flexibility index (Phi) is 6.72. The molecule has 6 heteroatoms. The first-order valence-corrected chi connectivity index (χ1v) is 11.1. The van der Waals surface area contributed by atoms with Crippen LogP contribution in [0.5, 0.6) is 0 Å². The van der Waals surface area contributed by atoms with Gasteiger partial charge < -0.3 is 10.2 Å². The SMILES string of the molecule is CN(C)C(=O)[C@@H]1N[C@@H](CC(C)(C)C)[C@](C#N)(c2ccc(Cl)cc2)C1c1cccc(Cl)c1. The predicted molar refractivity (Wildman–Crippen MR) is 126 cm³/mol. The summed E-state index contributed by atoms with van der Waals surface area (Å²) in [5.74, 6) is -0.477. The lowest BCUT2D eigenvalue weighted by Crippen LogP contribution is -2.45. The van der Waals surface area contributed by atoms with Crippen LogP contribution in [0.4, 0.5) is 0 Å². The van der Waals surface area contributed by atoms with Crippen molar-refractivity contribution in [2.24, 2.45) is 5.41 Å². The Balaban J connectivity index is 2.30. The minimum absolute atomic E-state index is 0.0544. The Morgan fingerprint density at radius 3 is 2.29 bits per heavy atom. The normalized spacial score (nSPS) is 25.8. The van der Waals surface area contributed by atoms with Gasteiger partial charge in [0.2, 0.25) is 5.91 Å². The third-order valence-electron chi connectivity index (χ3n) is 5.99. The summed E-state index contributed by atoms with van der Waals surface area (Å²) in [6.45, 7) is 6.44. The van der Waals surface area contributed by atoms with E-state index in [0.29, 0.717) is 10.0 Å². The van der Waals surface area contributed by atoms with Crippen molar-refractivity contribution in [1.29, 1.82) is 5.26 Å². The molecule has 0 spiro atoms. The average molecular weight is 458 g/mol. The molecule has 0 aliphatic carbocycles. The summed E-state index contributed by atoms with van der Waals surface area (Å²) >= 11 is 12.5. The summed E-state index contributed by atoms with van der Waals surface area (Å²) in [6, 6.07) is 16.8. The van der Waals surface area contributed by atoms with E-state index in [1.807, 2.05) is 30.3 Å². The van der Waals surface area contributed by atoms with Crippen LogP contribution in [0.15, 0.2) is 48.5 Å². The maximum atomic E-state index is 13.3. The van der Waals surface area contributed by atoms with E-state index in [-0.39, 0.29) is 17.4 Å². The Bertz CT molecular complexity index is 991. The molecule has 3 rings (SSSR count). The van der Waals surface area contributed by atoms with E-state index < -0.39 is 17.4 Å². The topological polar surface area (TPSA) is 56.1 Å². The van der Waals surface area contributed by atoms with Crippen LogP contribution in [0.1, 0.15) is 44.2 Å². The smallest absolute Gasteiger partial charge is 0.239 e. The van der Waals surface area contributed by atoms with Crippen LogP contribution in [0.3, 0.4) is 0 Å². The maximum absolute atomic E-state index is 13.3. The molecule has 4 nitrogen and oxygen atoms in total. The first-order valence-electron chi connectivity index (χ1n) is 10.4. The first-order chi connectivity index (χ1) is 14.5. The molecule has 0 bridgehead atoms. The van der Waals surface area contributed by atoms with Crippen LogP contribution in [-0.4, -0.2) is 37.0 Å². The zero-order valence-electron chi connectivity index (χ0n) is 18.6. The van der Waals surface area contributed by atoms with Crippen molar-refractivity contribution in [3.05, 3.63) is 69.7 Å². The van der Waals surface area contributed by atoms with Gasteiger partial charge in [0.15, 0.2) is 0 Å². The fourth-order valence-corrected chi connectivity index (χ4v) is 5.05. The Morgan fingerprint density at radius 1 is 1.13 bits per heavy atom. The van der Waals surface area contributed by atoms with E-state index in [9.17, 15) is 10.1 Å². The monoisotopic (exact) mass is 457 g/mol. The summed E-state index contributed by atoms with van der Waals surface area (Å²) in [4.78, 5) is 14.9. The van der Waals surface area contributed by atoms with Crippen molar-refractivity contribution in [1.82, 2.24) is 10.2 Å². The number of nitriles is 1. The highest BCUT2D eigenvalue weighted by molar-refractivity contribution is 6.30. The van der Waals surface area contributed by atoms with Gasteiger partial charge in [0.05, 0.1) is 12.1 Å². The quantitative estimate of drug-likeness (QED) is 0.667. The molecule has 1 aliphatic rings. The Hall–Kier alpha value is -2.06. The van der Waals surface area contributed by atoms with Gasteiger partial charge in [-0.2, -0.15) is 5.26 Å². The molecule has 31 heavy (non-hydrogen) atoms. The number of nitrogens with zero attached hydrogens (tertiary/aromatic N) is 2. The number of likely N-dealkylation sites (N-methyl/N-ethyl adjacent to an activating group) is 1. The van der Waals surface area contributed by atoms with Gasteiger partial charge in [-0.15, -0.1) is 0 Å². The maximum Gasteiger partial charge on any atom is 0.239 e. The third-order valence-corrected chi connectivity index (χ3v) is 6.48. The lowest BCUT2D eigenvalue weighted by atomic mass is 9.63. The van der Waals surface area contributed by atoms with Crippen LogP contribution in [0.2, 0.25) is 10.0 Å². The molecule has 1 heterocycles. The number of carbonyl (C=O) groups excluding carboxylic acids is 1. The van der Waals surface area contributed by atoms with Gasteiger partial charge in [0.25, 0.3) is 0 Å². The van der Waals surface area contributed by atoms with Gasteiger partial charge in [0.1, 0.15) is 5.41 Å². The second kappa shape index (κ2) is 8.82. The molecule has 0 radical (unpaired) electrons.